The lowest BCUT2D eigenvalue weighted by Crippen LogP contribution is -2.22. The van der Waals surface area contributed by atoms with Crippen molar-refractivity contribution in [2.45, 2.75) is 25.2 Å². The number of aryl methyl sites for hydroxylation is 2. The van der Waals surface area contributed by atoms with Gasteiger partial charge in [-0.15, -0.1) is 11.8 Å². The molecule has 0 spiro atoms. The summed E-state index contributed by atoms with van der Waals surface area (Å²) in [5.41, 5.74) is 2.65. The van der Waals surface area contributed by atoms with Crippen molar-refractivity contribution in [3.63, 3.8) is 0 Å². The highest BCUT2D eigenvalue weighted by Gasteiger charge is 2.11. The van der Waals surface area contributed by atoms with Crippen LogP contribution in [0, 0.1) is 25.2 Å². The van der Waals surface area contributed by atoms with Gasteiger partial charge in [0.25, 0.3) is 5.91 Å². The molecular weight excluding hydrogens is 376 g/mol. The second kappa shape index (κ2) is 11.0. The van der Waals surface area contributed by atoms with Gasteiger partial charge in [-0.25, -0.2) is 0 Å². The number of carbonyl (C=O) groups is 2. The number of thioether (sulfide) groups is 1. The van der Waals surface area contributed by atoms with Gasteiger partial charge >= 0.3 is 5.97 Å². The molecule has 1 amide bonds. The summed E-state index contributed by atoms with van der Waals surface area (Å²) < 4.78 is 10.6. The van der Waals surface area contributed by atoms with E-state index in [4.69, 9.17) is 14.7 Å². The van der Waals surface area contributed by atoms with Gasteiger partial charge in [-0.3, -0.25) is 9.59 Å². The Morgan fingerprint density at radius 1 is 1.18 bits per heavy atom. The van der Waals surface area contributed by atoms with Gasteiger partial charge in [0.1, 0.15) is 5.75 Å². The van der Waals surface area contributed by atoms with Crippen LogP contribution in [-0.2, 0) is 14.3 Å². The van der Waals surface area contributed by atoms with Crippen molar-refractivity contribution >= 4 is 29.3 Å². The van der Waals surface area contributed by atoms with E-state index in [9.17, 15) is 9.59 Å². The zero-order valence-corrected chi connectivity index (χ0v) is 16.7. The van der Waals surface area contributed by atoms with Crippen molar-refractivity contribution < 1.29 is 19.1 Å². The first-order chi connectivity index (χ1) is 13.5. The van der Waals surface area contributed by atoms with Crippen LogP contribution in [0.5, 0.6) is 5.75 Å². The predicted octanol–water partition coefficient (Wildman–Crippen LogP) is 3.87. The van der Waals surface area contributed by atoms with E-state index < -0.39 is 11.9 Å². The van der Waals surface area contributed by atoms with Crippen LogP contribution >= 0.6 is 11.8 Å². The summed E-state index contributed by atoms with van der Waals surface area (Å²) in [6, 6.07) is 15.1. The highest BCUT2D eigenvalue weighted by molar-refractivity contribution is 7.99. The molecular formula is C21H22N2O4S. The molecule has 0 aromatic heterocycles. The minimum absolute atomic E-state index is 0.0509. The zero-order chi connectivity index (χ0) is 20.4. The number of nitrogens with one attached hydrogen (secondary N) is 1. The summed E-state index contributed by atoms with van der Waals surface area (Å²) in [6.07, 6.45) is 0.0509. The van der Waals surface area contributed by atoms with Crippen LogP contribution < -0.4 is 10.1 Å². The largest absolute Gasteiger partial charge is 0.493 e. The van der Waals surface area contributed by atoms with Gasteiger partial charge in [0.05, 0.1) is 30.5 Å². The van der Waals surface area contributed by atoms with Gasteiger partial charge in [0, 0.05) is 4.90 Å². The summed E-state index contributed by atoms with van der Waals surface area (Å²) >= 11 is 1.32. The lowest BCUT2D eigenvalue weighted by atomic mass is 10.1. The fourth-order valence-corrected chi connectivity index (χ4v) is 2.99. The Morgan fingerprint density at radius 3 is 2.75 bits per heavy atom. The molecule has 0 unspecified atom stereocenters. The molecule has 0 radical (unpaired) electrons. The maximum absolute atomic E-state index is 12.0. The van der Waals surface area contributed by atoms with Gasteiger partial charge in [-0.1, -0.05) is 24.3 Å². The first-order valence-corrected chi connectivity index (χ1v) is 9.72. The van der Waals surface area contributed by atoms with Crippen molar-refractivity contribution in [1.29, 1.82) is 5.26 Å². The Kier molecular flexibility index (Phi) is 8.37. The predicted molar refractivity (Wildman–Crippen MR) is 108 cm³/mol. The van der Waals surface area contributed by atoms with Crippen LogP contribution in [0.2, 0.25) is 0 Å². The highest BCUT2D eigenvalue weighted by Crippen LogP contribution is 2.26. The first kappa shape index (κ1) is 21.3. The average Bonchev–Trinajstić information content (AvgIpc) is 2.68. The summed E-state index contributed by atoms with van der Waals surface area (Å²) in [5.74, 6) is 0.0702. The Hall–Kier alpha value is -2.98. The first-order valence-electron chi connectivity index (χ1n) is 8.74. The summed E-state index contributed by atoms with van der Waals surface area (Å²) in [6.45, 7) is 3.71. The number of nitrogens with zero attached hydrogens (tertiary/aromatic N) is 1. The van der Waals surface area contributed by atoms with E-state index in [1.54, 1.807) is 12.1 Å². The SMILES string of the molecule is Cc1ccc(C)c(OCCC(=O)OCC(=O)Nc2ccccc2SCC#N)c1. The molecule has 0 aliphatic heterocycles. The van der Waals surface area contributed by atoms with Crippen LogP contribution in [0.15, 0.2) is 47.4 Å². The molecule has 0 heterocycles. The molecule has 2 rings (SSSR count). The molecule has 0 atom stereocenters. The van der Waals surface area contributed by atoms with Gasteiger partial charge < -0.3 is 14.8 Å². The Morgan fingerprint density at radius 2 is 1.96 bits per heavy atom. The van der Waals surface area contributed by atoms with E-state index in [1.165, 1.54) is 11.8 Å². The summed E-state index contributed by atoms with van der Waals surface area (Å²) in [5, 5.41) is 11.4. The molecule has 2 aromatic carbocycles. The number of esters is 1. The third-order valence-corrected chi connectivity index (χ3v) is 4.67. The standard InChI is InChI=1S/C21H22N2O4S/c1-15-7-8-16(2)18(13-15)26-11-9-21(25)27-14-20(24)23-17-5-3-4-6-19(17)28-12-10-22/h3-8,13H,9,11-12,14H2,1-2H3,(H,23,24). The molecule has 6 nitrogen and oxygen atoms in total. The lowest BCUT2D eigenvalue weighted by Gasteiger charge is -2.11. The van der Waals surface area contributed by atoms with Gasteiger partial charge in [0.15, 0.2) is 6.61 Å². The molecule has 0 aliphatic rings. The molecule has 7 heteroatoms. The number of ether oxygens (including phenoxy) is 2. The fraction of sp³-hybridized carbons (Fsp3) is 0.286. The number of rotatable bonds is 9. The molecule has 0 saturated carbocycles. The minimum Gasteiger partial charge on any atom is -0.493 e. The Labute approximate surface area is 168 Å². The number of carbonyl (C=O) groups excluding carboxylic acids is 2. The lowest BCUT2D eigenvalue weighted by molar-refractivity contribution is -0.147. The second-order valence-corrected chi connectivity index (χ2v) is 7.04. The second-order valence-electron chi connectivity index (χ2n) is 6.02. The molecule has 0 fully saturated rings. The number of nitriles is 1. The van der Waals surface area contributed by atoms with Gasteiger partial charge in [-0.05, 0) is 43.2 Å². The van der Waals surface area contributed by atoms with E-state index in [0.29, 0.717) is 5.69 Å². The van der Waals surface area contributed by atoms with Gasteiger partial charge in [0.2, 0.25) is 0 Å². The van der Waals surface area contributed by atoms with E-state index in [0.717, 1.165) is 21.8 Å². The van der Waals surface area contributed by atoms with E-state index in [2.05, 4.69) is 5.32 Å². The molecule has 0 aliphatic carbocycles. The number of para-hydroxylation sites is 1. The summed E-state index contributed by atoms with van der Waals surface area (Å²) in [4.78, 5) is 24.6. The quantitative estimate of drug-likeness (QED) is 0.510. The Bertz CT molecular complexity index is 877. The normalized spacial score (nSPS) is 10.0. The minimum atomic E-state index is -0.507. The third kappa shape index (κ3) is 6.97. The van der Waals surface area contributed by atoms with E-state index in [1.807, 2.05) is 50.2 Å². The molecule has 1 N–H and O–H groups in total. The van der Waals surface area contributed by atoms with Crippen LogP contribution in [0.25, 0.3) is 0 Å². The van der Waals surface area contributed by atoms with Crippen molar-refractivity contribution in [3.8, 4) is 11.8 Å². The topological polar surface area (TPSA) is 88.4 Å². The number of hydrogen-bond donors (Lipinski definition) is 1. The van der Waals surface area contributed by atoms with Crippen LogP contribution in [0.1, 0.15) is 17.5 Å². The molecule has 2 aromatic rings. The van der Waals surface area contributed by atoms with E-state index in [-0.39, 0.29) is 25.4 Å². The van der Waals surface area contributed by atoms with Crippen molar-refractivity contribution in [2.24, 2.45) is 0 Å². The number of amides is 1. The average molecular weight is 398 g/mol. The summed E-state index contributed by atoms with van der Waals surface area (Å²) in [7, 11) is 0. The molecule has 0 saturated heterocycles. The fourth-order valence-electron chi connectivity index (χ4n) is 2.32. The maximum atomic E-state index is 12.0. The number of benzene rings is 2. The van der Waals surface area contributed by atoms with Gasteiger partial charge in [-0.2, -0.15) is 5.26 Å². The van der Waals surface area contributed by atoms with Crippen LogP contribution in [-0.4, -0.2) is 30.8 Å². The van der Waals surface area contributed by atoms with Crippen molar-refractivity contribution in [2.75, 3.05) is 24.3 Å². The number of anilines is 1. The maximum Gasteiger partial charge on any atom is 0.309 e. The number of hydrogen-bond acceptors (Lipinski definition) is 6. The third-order valence-electron chi connectivity index (χ3n) is 3.73. The highest BCUT2D eigenvalue weighted by atomic mass is 32.2. The molecule has 0 bridgehead atoms. The van der Waals surface area contributed by atoms with E-state index >= 15 is 0 Å². The zero-order valence-electron chi connectivity index (χ0n) is 15.9. The molecule has 146 valence electrons. The van der Waals surface area contributed by atoms with Crippen LogP contribution in [0.4, 0.5) is 5.69 Å². The monoisotopic (exact) mass is 398 g/mol. The van der Waals surface area contributed by atoms with Crippen LogP contribution in [0.3, 0.4) is 0 Å². The Balaban J connectivity index is 1.75. The smallest absolute Gasteiger partial charge is 0.309 e. The molecule has 28 heavy (non-hydrogen) atoms. The van der Waals surface area contributed by atoms with Crippen molar-refractivity contribution in [3.05, 3.63) is 53.6 Å². The van der Waals surface area contributed by atoms with Crippen molar-refractivity contribution in [1.82, 2.24) is 0 Å².